The standard InChI is InChI=1S/C12H15F2NO3/c1-8-2-4-9(5-3-8)18-7-11(17)15-6-10(16)12(13)14/h2-5,10,12,16H,6-7H2,1H3,(H,15,17). The van der Waals surface area contributed by atoms with Crippen LogP contribution in [0.25, 0.3) is 0 Å². The molecule has 0 aliphatic heterocycles. The van der Waals surface area contributed by atoms with Crippen LogP contribution in [0, 0.1) is 6.92 Å². The molecule has 0 saturated heterocycles. The second-order valence-corrected chi connectivity index (χ2v) is 3.81. The molecule has 1 aromatic carbocycles. The number of carbonyl (C=O) groups excluding carboxylic acids is 1. The zero-order valence-electron chi connectivity index (χ0n) is 9.90. The Morgan fingerprint density at radius 2 is 2.00 bits per heavy atom. The molecule has 0 aliphatic rings. The van der Waals surface area contributed by atoms with E-state index in [0.717, 1.165) is 5.56 Å². The van der Waals surface area contributed by atoms with Crippen LogP contribution in [0.1, 0.15) is 5.56 Å². The minimum absolute atomic E-state index is 0.279. The van der Waals surface area contributed by atoms with Crippen LogP contribution in [0.15, 0.2) is 24.3 Å². The molecule has 0 fully saturated rings. The Kier molecular flexibility index (Phi) is 5.51. The average Bonchev–Trinajstić information content (AvgIpc) is 2.35. The number of amides is 1. The first kappa shape index (κ1) is 14.4. The molecular weight excluding hydrogens is 244 g/mol. The van der Waals surface area contributed by atoms with E-state index in [0.29, 0.717) is 5.75 Å². The molecule has 0 heterocycles. The highest BCUT2D eigenvalue weighted by atomic mass is 19.3. The van der Waals surface area contributed by atoms with Crippen molar-refractivity contribution in [1.82, 2.24) is 5.32 Å². The van der Waals surface area contributed by atoms with E-state index in [1.807, 2.05) is 19.1 Å². The van der Waals surface area contributed by atoms with E-state index in [4.69, 9.17) is 9.84 Å². The Bertz CT molecular complexity index is 381. The number of alkyl halides is 2. The average molecular weight is 259 g/mol. The SMILES string of the molecule is Cc1ccc(OCC(=O)NCC(O)C(F)F)cc1. The molecule has 0 aliphatic carbocycles. The van der Waals surface area contributed by atoms with Gasteiger partial charge in [-0.1, -0.05) is 17.7 Å². The molecule has 6 heteroatoms. The largest absolute Gasteiger partial charge is 0.484 e. The third-order valence-electron chi connectivity index (χ3n) is 2.19. The van der Waals surface area contributed by atoms with E-state index in [1.54, 1.807) is 12.1 Å². The molecule has 100 valence electrons. The predicted octanol–water partition coefficient (Wildman–Crippen LogP) is 1.12. The van der Waals surface area contributed by atoms with Crippen molar-refractivity contribution in [3.8, 4) is 5.75 Å². The summed E-state index contributed by atoms with van der Waals surface area (Å²) in [6, 6.07) is 7.06. The van der Waals surface area contributed by atoms with Gasteiger partial charge in [-0.3, -0.25) is 4.79 Å². The summed E-state index contributed by atoms with van der Waals surface area (Å²) in [4.78, 5) is 11.2. The van der Waals surface area contributed by atoms with Crippen molar-refractivity contribution >= 4 is 5.91 Å². The topological polar surface area (TPSA) is 58.6 Å². The second kappa shape index (κ2) is 6.90. The van der Waals surface area contributed by atoms with Gasteiger partial charge in [0.2, 0.25) is 0 Å². The minimum atomic E-state index is -2.87. The molecule has 1 rings (SSSR count). The zero-order valence-corrected chi connectivity index (χ0v) is 9.90. The number of aliphatic hydroxyl groups excluding tert-OH is 1. The van der Waals surface area contributed by atoms with Gasteiger partial charge in [-0.15, -0.1) is 0 Å². The van der Waals surface area contributed by atoms with E-state index < -0.39 is 25.0 Å². The Morgan fingerprint density at radius 3 is 2.56 bits per heavy atom. The smallest absolute Gasteiger partial charge is 0.265 e. The summed E-state index contributed by atoms with van der Waals surface area (Å²) in [7, 11) is 0. The lowest BCUT2D eigenvalue weighted by molar-refractivity contribution is -0.124. The first-order chi connectivity index (χ1) is 8.49. The molecule has 0 aromatic heterocycles. The van der Waals surface area contributed by atoms with Crippen molar-refractivity contribution in [3.63, 3.8) is 0 Å². The number of hydrogen-bond acceptors (Lipinski definition) is 3. The monoisotopic (exact) mass is 259 g/mol. The van der Waals surface area contributed by atoms with Crippen molar-refractivity contribution < 1.29 is 23.4 Å². The predicted molar refractivity (Wildman–Crippen MR) is 61.7 cm³/mol. The van der Waals surface area contributed by atoms with Gasteiger partial charge in [0.05, 0.1) is 0 Å². The van der Waals surface area contributed by atoms with Gasteiger partial charge in [0.25, 0.3) is 12.3 Å². The maximum atomic E-state index is 11.9. The van der Waals surface area contributed by atoms with Crippen molar-refractivity contribution in [2.45, 2.75) is 19.5 Å². The molecule has 2 N–H and O–H groups in total. The molecule has 0 radical (unpaired) electrons. The minimum Gasteiger partial charge on any atom is -0.484 e. The lowest BCUT2D eigenvalue weighted by atomic mass is 10.2. The number of hydrogen-bond donors (Lipinski definition) is 2. The summed E-state index contributed by atoms with van der Waals surface area (Å²) in [5.74, 6) is -0.0413. The fourth-order valence-corrected chi connectivity index (χ4v) is 1.14. The molecule has 0 bridgehead atoms. The molecule has 1 aromatic rings. The molecule has 1 amide bonds. The summed E-state index contributed by atoms with van der Waals surface area (Å²) in [5.41, 5.74) is 1.06. The van der Waals surface area contributed by atoms with Gasteiger partial charge in [0.1, 0.15) is 11.9 Å². The van der Waals surface area contributed by atoms with E-state index >= 15 is 0 Å². The van der Waals surface area contributed by atoms with Crippen LogP contribution in [-0.2, 0) is 4.79 Å². The van der Waals surface area contributed by atoms with Crippen molar-refractivity contribution in [1.29, 1.82) is 0 Å². The van der Waals surface area contributed by atoms with Gasteiger partial charge in [0.15, 0.2) is 6.61 Å². The van der Waals surface area contributed by atoms with Crippen LogP contribution in [0.2, 0.25) is 0 Å². The van der Waals surface area contributed by atoms with Crippen molar-refractivity contribution in [3.05, 3.63) is 29.8 Å². The normalized spacial score (nSPS) is 12.3. The quantitative estimate of drug-likeness (QED) is 0.804. The fourth-order valence-electron chi connectivity index (χ4n) is 1.14. The summed E-state index contributed by atoms with van der Waals surface area (Å²) in [5, 5.41) is 10.9. The number of halogens is 2. The van der Waals surface area contributed by atoms with Crippen LogP contribution in [0.3, 0.4) is 0 Å². The van der Waals surface area contributed by atoms with E-state index in [-0.39, 0.29) is 6.61 Å². The second-order valence-electron chi connectivity index (χ2n) is 3.81. The molecule has 4 nitrogen and oxygen atoms in total. The highest BCUT2D eigenvalue weighted by molar-refractivity contribution is 5.77. The molecule has 0 spiro atoms. The number of aryl methyl sites for hydroxylation is 1. The zero-order chi connectivity index (χ0) is 13.5. The van der Waals surface area contributed by atoms with Crippen LogP contribution < -0.4 is 10.1 Å². The van der Waals surface area contributed by atoms with Gasteiger partial charge in [0, 0.05) is 6.54 Å². The Labute approximate surface area is 104 Å². The number of carbonyl (C=O) groups is 1. The molecule has 1 atom stereocenters. The van der Waals surface area contributed by atoms with Crippen LogP contribution in [-0.4, -0.2) is 36.7 Å². The first-order valence-electron chi connectivity index (χ1n) is 5.41. The third-order valence-corrected chi connectivity index (χ3v) is 2.19. The maximum absolute atomic E-state index is 11.9. The van der Waals surface area contributed by atoms with E-state index in [1.165, 1.54) is 0 Å². The number of benzene rings is 1. The Morgan fingerprint density at radius 1 is 1.39 bits per heavy atom. The van der Waals surface area contributed by atoms with Gasteiger partial charge in [-0.25, -0.2) is 8.78 Å². The van der Waals surface area contributed by atoms with Gasteiger partial charge in [-0.05, 0) is 19.1 Å². The Hall–Kier alpha value is -1.69. The van der Waals surface area contributed by atoms with E-state index in [9.17, 15) is 13.6 Å². The molecule has 1 unspecified atom stereocenters. The van der Waals surface area contributed by atoms with Crippen LogP contribution >= 0.6 is 0 Å². The van der Waals surface area contributed by atoms with Crippen molar-refractivity contribution in [2.24, 2.45) is 0 Å². The van der Waals surface area contributed by atoms with E-state index in [2.05, 4.69) is 5.32 Å². The number of rotatable bonds is 6. The highest BCUT2D eigenvalue weighted by Crippen LogP contribution is 2.10. The van der Waals surface area contributed by atoms with Crippen LogP contribution in [0.4, 0.5) is 8.78 Å². The van der Waals surface area contributed by atoms with Gasteiger partial charge < -0.3 is 15.2 Å². The molecular formula is C12H15F2NO3. The number of nitrogens with one attached hydrogen (secondary N) is 1. The molecule has 18 heavy (non-hydrogen) atoms. The van der Waals surface area contributed by atoms with Gasteiger partial charge in [-0.2, -0.15) is 0 Å². The fraction of sp³-hybridized carbons (Fsp3) is 0.417. The highest BCUT2D eigenvalue weighted by Gasteiger charge is 2.17. The lowest BCUT2D eigenvalue weighted by Gasteiger charge is -2.11. The number of aliphatic hydroxyl groups is 1. The summed E-state index contributed by atoms with van der Waals surface area (Å²) >= 11 is 0. The lowest BCUT2D eigenvalue weighted by Crippen LogP contribution is -2.38. The number of ether oxygens (including phenoxy) is 1. The summed E-state index contributed by atoms with van der Waals surface area (Å²) < 4.78 is 29.0. The maximum Gasteiger partial charge on any atom is 0.265 e. The van der Waals surface area contributed by atoms with Crippen molar-refractivity contribution in [2.75, 3.05) is 13.2 Å². The first-order valence-corrected chi connectivity index (χ1v) is 5.41. The molecule has 0 saturated carbocycles. The summed E-state index contributed by atoms with van der Waals surface area (Å²) in [6.07, 6.45) is -4.73. The third kappa shape index (κ3) is 5.09. The van der Waals surface area contributed by atoms with Crippen LogP contribution in [0.5, 0.6) is 5.75 Å². The van der Waals surface area contributed by atoms with Gasteiger partial charge >= 0.3 is 0 Å². The summed E-state index contributed by atoms with van der Waals surface area (Å²) in [6.45, 7) is 1.15. The Balaban J connectivity index is 2.27.